The first-order valence-corrected chi connectivity index (χ1v) is 11.3. The van der Waals surface area contributed by atoms with E-state index in [2.05, 4.69) is 77.4 Å². The minimum absolute atomic E-state index is 0.0339. The molecule has 0 aliphatic carbocycles. The Bertz CT molecular complexity index is 1190. The van der Waals surface area contributed by atoms with Gasteiger partial charge in [-0.05, 0) is 41.5 Å². The Morgan fingerprint density at radius 1 is 1.00 bits per heavy atom. The molecular weight excluding hydrogens is 392 g/mol. The second-order valence-corrected chi connectivity index (χ2v) is 9.37. The molecule has 3 heterocycles. The van der Waals surface area contributed by atoms with E-state index in [1.807, 2.05) is 6.92 Å². The Labute approximate surface area is 180 Å². The lowest BCUT2D eigenvalue weighted by Crippen LogP contribution is -2.34. The van der Waals surface area contributed by atoms with Crippen molar-refractivity contribution >= 4 is 16.3 Å². The van der Waals surface area contributed by atoms with Gasteiger partial charge in [0.1, 0.15) is 5.82 Å². The Morgan fingerprint density at radius 3 is 2.40 bits per heavy atom. The third-order valence-electron chi connectivity index (χ3n) is 6.00. The zero-order valence-corrected chi connectivity index (χ0v) is 18.4. The monoisotopic (exact) mass is 418 g/mol. The van der Waals surface area contributed by atoms with Crippen LogP contribution in [0.15, 0.2) is 48.5 Å². The molecule has 0 bridgehead atoms. The maximum absolute atomic E-state index is 11.0. The Hall–Kier alpha value is -2.70. The van der Waals surface area contributed by atoms with Crippen molar-refractivity contribution < 1.29 is 5.11 Å². The summed E-state index contributed by atoms with van der Waals surface area (Å²) < 4.78 is 1.57. The number of hydrogen-bond acceptors (Lipinski definition) is 5. The molecule has 6 heteroatoms. The fourth-order valence-corrected chi connectivity index (χ4v) is 5.52. The summed E-state index contributed by atoms with van der Waals surface area (Å²) in [6, 6.07) is 17.5. The second kappa shape index (κ2) is 7.52. The summed E-state index contributed by atoms with van der Waals surface area (Å²) in [4.78, 5) is 8.59. The highest BCUT2D eigenvalue weighted by Crippen LogP contribution is 2.41. The first-order chi connectivity index (χ1) is 14.5. The quantitative estimate of drug-likeness (QED) is 0.502. The molecule has 5 rings (SSSR count). The lowest BCUT2D eigenvalue weighted by molar-refractivity contribution is 0.205. The number of benzene rings is 2. The van der Waals surface area contributed by atoms with Gasteiger partial charge >= 0.3 is 0 Å². The minimum Gasteiger partial charge on any atom is -0.492 e. The lowest BCUT2D eigenvalue weighted by atomic mass is 9.94. The maximum atomic E-state index is 11.0. The summed E-state index contributed by atoms with van der Waals surface area (Å²) in [5.74, 6) is 1.37. The molecule has 30 heavy (non-hydrogen) atoms. The van der Waals surface area contributed by atoms with E-state index in [9.17, 15) is 5.11 Å². The molecule has 1 aliphatic heterocycles. The molecule has 4 aromatic rings. The van der Waals surface area contributed by atoms with Crippen LogP contribution in [0.5, 0.6) is 5.88 Å². The van der Waals surface area contributed by atoms with Gasteiger partial charge in [-0.1, -0.05) is 73.7 Å². The zero-order valence-electron chi connectivity index (χ0n) is 17.5. The van der Waals surface area contributed by atoms with Crippen LogP contribution in [-0.2, 0) is 13.0 Å². The molecule has 1 atom stereocenters. The van der Waals surface area contributed by atoms with Crippen LogP contribution in [0.25, 0.3) is 4.96 Å². The minimum atomic E-state index is -0.0339. The molecule has 0 spiro atoms. The van der Waals surface area contributed by atoms with Crippen molar-refractivity contribution in [3.63, 3.8) is 0 Å². The molecule has 0 radical (unpaired) electrons. The number of aromatic nitrogens is 3. The number of hydrogen-bond donors (Lipinski definition) is 1. The molecule has 2 aromatic carbocycles. The molecule has 0 saturated carbocycles. The van der Waals surface area contributed by atoms with E-state index >= 15 is 0 Å². The van der Waals surface area contributed by atoms with Crippen molar-refractivity contribution in [3.8, 4) is 5.88 Å². The van der Waals surface area contributed by atoms with Crippen molar-refractivity contribution in [3.05, 3.63) is 81.5 Å². The number of rotatable bonds is 4. The van der Waals surface area contributed by atoms with Crippen LogP contribution in [0.4, 0.5) is 0 Å². The summed E-state index contributed by atoms with van der Waals surface area (Å²) in [6.45, 7) is 8.07. The third-order valence-corrected chi connectivity index (χ3v) is 7.07. The molecule has 5 nitrogen and oxygen atoms in total. The van der Waals surface area contributed by atoms with Gasteiger partial charge in [0, 0.05) is 13.1 Å². The SMILES string of the molecule is Cc1nc2sc(C(c3ccc(C(C)C)cc3)N3CCc4ccccc4C3)c(O)n2n1. The van der Waals surface area contributed by atoms with Crippen LogP contribution < -0.4 is 0 Å². The van der Waals surface area contributed by atoms with Gasteiger partial charge in [0.2, 0.25) is 10.8 Å². The summed E-state index contributed by atoms with van der Waals surface area (Å²) in [5.41, 5.74) is 5.30. The predicted molar refractivity (Wildman–Crippen MR) is 120 cm³/mol. The lowest BCUT2D eigenvalue weighted by Gasteiger charge is -2.35. The van der Waals surface area contributed by atoms with Gasteiger partial charge in [-0.3, -0.25) is 4.90 Å². The number of aromatic hydroxyl groups is 1. The highest BCUT2D eigenvalue weighted by Gasteiger charge is 2.31. The van der Waals surface area contributed by atoms with Gasteiger partial charge < -0.3 is 5.11 Å². The Morgan fingerprint density at radius 2 is 1.70 bits per heavy atom. The molecule has 1 N–H and O–H groups in total. The van der Waals surface area contributed by atoms with E-state index in [1.165, 1.54) is 33.6 Å². The number of fused-ring (bicyclic) bond motifs is 2. The smallest absolute Gasteiger partial charge is 0.230 e. The average Bonchev–Trinajstić information content (AvgIpc) is 3.26. The van der Waals surface area contributed by atoms with Crippen molar-refractivity contribution in [2.45, 2.75) is 45.7 Å². The van der Waals surface area contributed by atoms with E-state index in [0.29, 0.717) is 11.7 Å². The van der Waals surface area contributed by atoms with Crippen molar-refractivity contribution in [1.82, 2.24) is 19.5 Å². The van der Waals surface area contributed by atoms with Gasteiger partial charge in [-0.15, -0.1) is 5.10 Å². The Kier molecular flexibility index (Phi) is 4.83. The normalized spacial score (nSPS) is 15.6. The first-order valence-electron chi connectivity index (χ1n) is 10.5. The van der Waals surface area contributed by atoms with E-state index in [-0.39, 0.29) is 11.9 Å². The topological polar surface area (TPSA) is 53.7 Å². The van der Waals surface area contributed by atoms with E-state index in [1.54, 1.807) is 4.52 Å². The fraction of sp³-hybridized carbons (Fsp3) is 0.333. The molecule has 1 aliphatic rings. The predicted octanol–water partition coefficient (Wildman–Crippen LogP) is 5.08. The molecular formula is C24H26N4OS. The summed E-state index contributed by atoms with van der Waals surface area (Å²) >= 11 is 1.53. The van der Waals surface area contributed by atoms with Crippen LogP contribution in [0.2, 0.25) is 0 Å². The van der Waals surface area contributed by atoms with Crippen LogP contribution in [0.3, 0.4) is 0 Å². The number of nitrogens with zero attached hydrogens (tertiary/aromatic N) is 4. The fourth-order valence-electron chi connectivity index (χ4n) is 4.36. The highest BCUT2D eigenvalue weighted by atomic mass is 32.1. The van der Waals surface area contributed by atoms with Crippen LogP contribution in [0, 0.1) is 6.92 Å². The van der Waals surface area contributed by atoms with Gasteiger partial charge in [0.25, 0.3) is 0 Å². The standard InChI is InChI=1S/C24H26N4OS/c1-15(2)17-8-10-19(11-9-17)21(22-23(29)28-24(30-22)25-16(3)26-28)27-13-12-18-6-4-5-7-20(18)14-27/h4-11,15,21,29H,12-14H2,1-3H3. The molecule has 0 fully saturated rings. The van der Waals surface area contributed by atoms with Crippen LogP contribution >= 0.6 is 11.3 Å². The van der Waals surface area contributed by atoms with Gasteiger partial charge in [0.15, 0.2) is 0 Å². The van der Waals surface area contributed by atoms with Gasteiger partial charge in [-0.25, -0.2) is 4.98 Å². The molecule has 154 valence electrons. The summed E-state index contributed by atoms with van der Waals surface area (Å²) in [6.07, 6.45) is 1.01. The second-order valence-electron chi connectivity index (χ2n) is 8.36. The van der Waals surface area contributed by atoms with Gasteiger partial charge in [-0.2, -0.15) is 4.52 Å². The number of thiazole rings is 1. The van der Waals surface area contributed by atoms with E-state index in [0.717, 1.165) is 29.3 Å². The summed E-state index contributed by atoms with van der Waals surface area (Å²) in [7, 11) is 0. The highest BCUT2D eigenvalue weighted by molar-refractivity contribution is 7.17. The molecule has 2 aromatic heterocycles. The third kappa shape index (κ3) is 3.30. The first kappa shape index (κ1) is 19.3. The van der Waals surface area contributed by atoms with Crippen molar-refractivity contribution in [2.24, 2.45) is 0 Å². The van der Waals surface area contributed by atoms with Crippen LogP contribution in [0.1, 0.15) is 58.8 Å². The summed E-state index contributed by atoms with van der Waals surface area (Å²) in [5, 5.41) is 15.4. The van der Waals surface area contributed by atoms with E-state index < -0.39 is 0 Å². The maximum Gasteiger partial charge on any atom is 0.230 e. The zero-order chi connectivity index (χ0) is 20.8. The van der Waals surface area contributed by atoms with Crippen LogP contribution in [-0.4, -0.2) is 31.1 Å². The molecule has 1 unspecified atom stereocenters. The van der Waals surface area contributed by atoms with Gasteiger partial charge in [0.05, 0.1) is 10.9 Å². The molecule has 0 saturated heterocycles. The van der Waals surface area contributed by atoms with E-state index in [4.69, 9.17) is 0 Å². The number of aryl methyl sites for hydroxylation is 1. The van der Waals surface area contributed by atoms with Crippen molar-refractivity contribution in [2.75, 3.05) is 6.54 Å². The Balaban J connectivity index is 1.60. The average molecular weight is 419 g/mol. The molecule has 0 amide bonds. The largest absolute Gasteiger partial charge is 0.492 e. The van der Waals surface area contributed by atoms with Crippen molar-refractivity contribution in [1.29, 1.82) is 0 Å².